The van der Waals surface area contributed by atoms with Crippen molar-refractivity contribution in [2.45, 2.75) is 12.5 Å². The number of ether oxygens (including phenoxy) is 2. The van der Waals surface area contributed by atoms with E-state index in [2.05, 4.69) is 21.3 Å². The van der Waals surface area contributed by atoms with E-state index in [0.717, 1.165) is 31.1 Å². The van der Waals surface area contributed by atoms with Crippen LogP contribution in [0, 0.1) is 0 Å². The molecule has 1 amide bonds. The fourth-order valence-corrected chi connectivity index (χ4v) is 3.18. The molecule has 3 heterocycles. The molecular formula is C19H21N3O3. The lowest BCUT2D eigenvalue weighted by Crippen LogP contribution is -2.37. The summed E-state index contributed by atoms with van der Waals surface area (Å²) in [5.74, 6) is 1.67. The predicted molar refractivity (Wildman–Crippen MR) is 94.2 cm³/mol. The van der Waals surface area contributed by atoms with Crippen molar-refractivity contribution in [3.63, 3.8) is 0 Å². The number of pyridine rings is 1. The van der Waals surface area contributed by atoms with Gasteiger partial charge in [-0.1, -0.05) is 18.2 Å². The van der Waals surface area contributed by atoms with Gasteiger partial charge in [-0.3, -0.25) is 4.79 Å². The standard InChI is InChI=1S/C19H21N3O3/c23-19(21-13-16-11-14-3-1-2-4-17(14)25-16)15-5-6-18(20-12-15)22-7-9-24-10-8-22/h1-6,12,16H,7-11,13H2,(H,21,23)/t16-/m1/s1. The van der Waals surface area contributed by atoms with Crippen molar-refractivity contribution < 1.29 is 14.3 Å². The van der Waals surface area contributed by atoms with Crippen LogP contribution < -0.4 is 15.0 Å². The molecule has 130 valence electrons. The Morgan fingerprint density at radius 1 is 1.20 bits per heavy atom. The largest absolute Gasteiger partial charge is 0.488 e. The number of nitrogens with one attached hydrogen (secondary N) is 1. The molecule has 1 atom stereocenters. The zero-order chi connectivity index (χ0) is 17.1. The summed E-state index contributed by atoms with van der Waals surface area (Å²) in [5, 5.41) is 2.94. The molecule has 6 nitrogen and oxygen atoms in total. The summed E-state index contributed by atoms with van der Waals surface area (Å²) in [4.78, 5) is 18.9. The number of rotatable bonds is 4. The van der Waals surface area contributed by atoms with Crippen LogP contribution in [0.4, 0.5) is 5.82 Å². The van der Waals surface area contributed by atoms with Crippen LogP contribution in [-0.4, -0.2) is 49.8 Å². The smallest absolute Gasteiger partial charge is 0.252 e. The van der Waals surface area contributed by atoms with Crippen LogP contribution in [0.1, 0.15) is 15.9 Å². The number of para-hydroxylation sites is 1. The number of carbonyl (C=O) groups is 1. The van der Waals surface area contributed by atoms with Crippen LogP contribution >= 0.6 is 0 Å². The number of anilines is 1. The number of amides is 1. The van der Waals surface area contributed by atoms with Crippen molar-refractivity contribution in [1.82, 2.24) is 10.3 Å². The molecule has 1 fully saturated rings. The summed E-state index contributed by atoms with van der Waals surface area (Å²) in [6.07, 6.45) is 2.44. The second-order valence-corrected chi connectivity index (χ2v) is 6.27. The van der Waals surface area contributed by atoms with Crippen molar-refractivity contribution in [3.05, 3.63) is 53.7 Å². The molecule has 0 spiro atoms. The lowest BCUT2D eigenvalue weighted by atomic mass is 10.1. The highest BCUT2D eigenvalue weighted by Gasteiger charge is 2.23. The maximum atomic E-state index is 12.3. The number of aromatic nitrogens is 1. The number of hydrogen-bond donors (Lipinski definition) is 1. The third-order valence-corrected chi connectivity index (χ3v) is 4.55. The van der Waals surface area contributed by atoms with Gasteiger partial charge in [0.1, 0.15) is 17.7 Å². The highest BCUT2D eigenvalue weighted by molar-refractivity contribution is 5.94. The van der Waals surface area contributed by atoms with Crippen LogP contribution in [0.25, 0.3) is 0 Å². The minimum Gasteiger partial charge on any atom is -0.488 e. The van der Waals surface area contributed by atoms with Gasteiger partial charge in [0, 0.05) is 25.7 Å². The zero-order valence-electron chi connectivity index (χ0n) is 14.0. The second kappa shape index (κ2) is 7.11. The maximum Gasteiger partial charge on any atom is 0.252 e. The van der Waals surface area contributed by atoms with Gasteiger partial charge < -0.3 is 19.7 Å². The van der Waals surface area contributed by atoms with E-state index in [-0.39, 0.29) is 12.0 Å². The number of morpholine rings is 1. The first-order valence-corrected chi connectivity index (χ1v) is 8.61. The molecule has 0 unspecified atom stereocenters. The minimum absolute atomic E-state index is 0.0121. The van der Waals surface area contributed by atoms with Crippen LogP contribution in [0.5, 0.6) is 5.75 Å². The van der Waals surface area contributed by atoms with Gasteiger partial charge in [-0.15, -0.1) is 0 Å². The molecule has 0 radical (unpaired) electrons. The Morgan fingerprint density at radius 3 is 2.80 bits per heavy atom. The number of carbonyl (C=O) groups excluding carboxylic acids is 1. The number of benzene rings is 1. The Hall–Kier alpha value is -2.60. The van der Waals surface area contributed by atoms with E-state index in [4.69, 9.17) is 9.47 Å². The van der Waals surface area contributed by atoms with E-state index >= 15 is 0 Å². The summed E-state index contributed by atoms with van der Waals surface area (Å²) in [6, 6.07) is 11.7. The Labute approximate surface area is 146 Å². The van der Waals surface area contributed by atoms with E-state index in [1.807, 2.05) is 30.3 Å². The van der Waals surface area contributed by atoms with Crippen molar-refractivity contribution in [1.29, 1.82) is 0 Å². The number of fused-ring (bicyclic) bond motifs is 1. The molecular weight excluding hydrogens is 318 g/mol. The Bertz CT molecular complexity index is 717. The Balaban J connectivity index is 1.31. The molecule has 4 rings (SSSR count). The van der Waals surface area contributed by atoms with Gasteiger partial charge in [-0.05, 0) is 23.8 Å². The fraction of sp³-hybridized carbons (Fsp3) is 0.368. The van der Waals surface area contributed by atoms with Crippen LogP contribution in [0.3, 0.4) is 0 Å². The van der Waals surface area contributed by atoms with Crippen molar-refractivity contribution in [2.75, 3.05) is 37.7 Å². The van der Waals surface area contributed by atoms with Crippen LogP contribution in [0.15, 0.2) is 42.6 Å². The highest BCUT2D eigenvalue weighted by Crippen LogP contribution is 2.27. The maximum absolute atomic E-state index is 12.3. The number of nitrogens with zero attached hydrogens (tertiary/aromatic N) is 2. The fourth-order valence-electron chi connectivity index (χ4n) is 3.18. The van der Waals surface area contributed by atoms with E-state index in [1.165, 1.54) is 5.56 Å². The lowest BCUT2D eigenvalue weighted by molar-refractivity contribution is 0.0933. The molecule has 0 saturated carbocycles. The normalized spacial score (nSPS) is 19.2. The first-order valence-electron chi connectivity index (χ1n) is 8.61. The summed E-state index contributed by atoms with van der Waals surface area (Å²) < 4.78 is 11.2. The van der Waals surface area contributed by atoms with E-state index in [1.54, 1.807) is 6.20 Å². The summed E-state index contributed by atoms with van der Waals surface area (Å²) in [5.41, 5.74) is 1.76. The first-order chi connectivity index (χ1) is 12.3. The van der Waals surface area contributed by atoms with E-state index in [0.29, 0.717) is 25.3 Å². The molecule has 25 heavy (non-hydrogen) atoms. The van der Waals surface area contributed by atoms with Gasteiger partial charge in [0.2, 0.25) is 0 Å². The van der Waals surface area contributed by atoms with Gasteiger partial charge >= 0.3 is 0 Å². The monoisotopic (exact) mass is 339 g/mol. The summed E-state index contributed by atoms with van der Waals surface area (Å²) >= 11 is 0. The SMILES string of the molecule is O=C(NC[C@H]1Cc2ccccc2O1)c1ccc(N2CCOCC2)nc1. The molecule has 0 bridgehead atoms. The molecule has 2 aromatic rings. The quantitative estimate of drug-likeness (QED) is 0.918. The summed E-state index contributed by atoms with van der Waals surface area (Å²) in [6.45, 7) is 3.58. The molecule has 2 aliphatic heterocycles. The van der Waals surface area contributed by atoms with Gasteiger partial charge in [0.25, 0.3) is 5.91 Å². The molecule has 1 aromatic carbocycles. The topological polar surface area (TPSA) is 63.7 Å². The molecule has 1 N–H and O–H groups in total. The van der Waals surface area contributed by atoms with E-state index in [9.17, 15) is 4.79 Å². The van der Waals surface area contributed by atoms with Gasteiger partial charge in [-0.2, -0.15) is 0 Å². The van der Waals surface area contributed by atoms with Gasteiger partial charge in [-0.25, -0.2) is 4.98 Å². The predicted octanol–water partition coefficient (Wildman–Crippen LogP) is 1.65. The molecule has 0 aliphatic carbocycles. The molecule has 1 saturated heterocycles. The summed E-state index contributed by atoms with van der Waals surface area (Å²) in [7, 11) is 0. The zero-order valence-corrected chi connectivity index (χ0v) is 14.0. The van der Waals surface area contributed by atoms with E-state index < -0.39 is 0 Å². The van der Waals surface area contributed by atoms with Crippen molar-refractivity contribution in [3.8, 4) is 5.75 Å². The highest BCUT2D eigenvalue weighted by atomic mass is 16.5. The number of hydrogen-bond acceptors (Lipinski definition) is 5. The lowest BCUT2D eigenvalue weighted by Gasteiger charge is -2.27. The van der Waals surface area contributed by atoms with Crippen molar-refractivity contribution in [2.24, 2.45) is 0 Å². The molecule has 1 aromatic heterocycles. The third-order valence-electron chi connectivity index (χ3n) is 4.55. The average molecular weight is 339 g/mol. The molecule has 6 heteroatoms. The van der Waals surface area contributed by atoms with Crippen LogP contribution in [0.2, 0.25) is 0 Å². The first kappa shape index (κ1) is 15.9. The Morgan fingerprint density at radius 2 is 2.04 bits per heavy atom. The van der Waals surface area contributed by atoms with Gasteiger partial charge in [0.05, 0.1) is 25.3 Å². The second-order valence-electron chi connectivity index (χ2n) is 6.27. The molecule has 2 aliphatic rings. The van der Waals surface area contributed by atoms with Crippen LogP contribution in [-0.2, 0) is 11.2 Å². The minimum atomic E-state index is -0.124. The van der Waals surface area contributed by atoms with Crippen molar-refractivity contribution >= 4 is 11.7 Å². The van der Waals surface area contributed by atoms with Gasteiger partial charge in [0.15, 0.2) is 0 Å². The third kappa shape index (κ3) is 3.58. The Kier molecular flexibility index (Phi) is 4.52. The average Bonchev–Trinajstić information content (AvgIpc) is 3.10.